The number of rotatable bonds is 2. The largest absolute Gasteiger partial charge is 0.302 e. The minimum atomic E-state index is 0.450. The first-order valence-corrected chi connectivity index (χ1v) is 5.23. The van der Waals surface area contributed by atoms with Crippen molar-refractivity contribution in [2.75, 3.05) is 19.6 Å². The fourth-order valence-electron chi connectivity index (χ4n) is 2.10. The first-order valence-electron chi connectivity index (χ1n) is 5.23. The molecule has 0 aromatic heterocycles. The van der Waals surface area contributed by atoms with Gasteiger partial charge >= 0.3 is 0 Å². The van der Waals surface area contributed by atoms with Gasteiger partial charge in [-0.3, -0.25) is 0 Å². The highest BCUT2D eigenvalue weighted by molar-refractivity contribution is 4.80. The van der Waals surface area contributed by atoms with Gasteiger partial charge in [0.1, 0.15) is 0 Å². The van der Waals surface area contributed by atoms with Gasteiger partial charge in [0.25, 0.3) is 0 Å². The van der Waals surface area contributed by atoms with Crippen molar-refractivity contribution in [3.63, 3.8) is 0 Å². The van der Waals surface area contributed by atoms with Gasteiger partial charge in [0, 0.05) is 19.5 Å². The van der Waals surface area contributed by atoms with Crippen LogP contribution in [0.2, 0.25) is 0 Å². The Bertz CT molecular complexity index is 191. The molecule has 1 fully saturated rings. The van der Waals surface area contributed by atoms with Gasteiger partial charge in [-0.2, -0.15) is 5.26 Å². The lowest BCUT2D eigenvalue weighted by molar-refractivity contribution is 0.199. The topological polar surface area (TPSA) is 27.0 Å². The Morgan fingerprint density at radius 2 is 2.15 bits per heavy atom. The average molecular weight is 180 g/mol. The highest BCUT2D eigenvalue weighted by atomic mass is 15.1. The Kier molecular flexibility index (Phi) is 3.74. The third-order valence-corrected chi connectivity index (χ3v) is 2.77. The number of nitriles is 1. The highest BCUT2D eigenvalue weighted by Crippen LogP contribution is 2.27. The molecular weight excluding hydrogens is 160 g/mol. The van der Waals surface area contributed by atoms with Crippen molar-refractivity contribution in [2.24, 2.45) is 5.41 Å². The van der Waals surface area contributed by atoms with Crippen molar-refractivity contribution >= 4 is 0 Å². The highest BCUT2D eigenvalue weighted by Gasteiger charge is 2.23. The SMILES string of the molecule is CC1(C)CCCCN(CCC#N)C1. The predicted octanol–water partition coefficient (Wildman–Crippen LogP) is 2.41. The Labute approximate surface area is 81.5 Å². The van der Waals surface area contributed by atoms with Gasteiger partial charge in [-0.25, -0.2) is 0 Å². The minimum absolute atomic E-state index is 0.450. The van der Waals surface area contributed by atoms with E-state index in [1.54, 1.807) is 0 Å². The normalized spacial score (nSPS) is 23.5. The Morgan fingerprint density at radius 3 is 2.85 bits per heavy atom. The van der Waals surface area contributed by atoms with Crippen molar-refractivity contribution in [1.29, 1.82) is 5.26 Å². The molecule has 0 bridgehead atoms. The van der Waals surface area contributed by atoms with Crippen molar-refractivity contribution < 1.29 is 0 Å². The second kappa shape index (κ2) is 4.62. The maximum absolute atomic E-state index is 8.52. The summed E-state index contributed by atoms with van der Waals surface area (Å²) in [6.07, 6.45) is 4.65. The van der Waals surface area contributed by atoms with E-state index in [0.717, 1.165) is 13.1 Å². The smallest absolute Gasteiger partial charge is 0.0635 e. The molecule has 0 aromatic rings. The standard InChI is InChI=1S/C11H20N2/c1-11(2)6-3-4-8-13(10-11)9-5-7-12/h3-6,8-10H2,1-2H3. The zero-order chi connectivity index (χ0) is 9.73. The summed E-state index contributed by atoms with van der Waals surface area (Å²) in [4.78, 5) is 2.44. The second-order valence-corrected chi connectivity index (χ2v) is 4.81. The van der Waals surface area contributed by atoms with Crippen LogP contribution in [0.25, 0.3) is 0 Å². The van der Waals surface area contributed by atoms with Crippen LogP contribution in [0.5, 0.6) is 0 Å². The van der Waals surface area contributed by atoms with Gasteiger partial charge in [0.05, 0.1) is 6.07 Å². The molecule has 0 N–H and O–H groups in total. The molecule has 2 nitrogen and oxygen atoms in total. The number of hydrogen-bond acceptors (Lipinski definition) is 2. The summed E-state index contributed by atoms with van der Waals surface area (Å²) in [5, 5.41) is 8.52. The van der Waals surface area contributed by atoms with E-state index in [9.17, 15) is 0 Å². The van der Waals surface area contributed by atoms with E-state index in [4.69, 9.17) is 5.26 Å². The Balaban J connectivity index is 2.41. The molecule has 74 valence electrons. The molecule has 1 aliphatic heterocycles. The fourth-order valence-corrected chi connectivity index (χ4v) is 2.10. The van der Waals surface area contributed by atoms with Crippen LogP contribution in [0.3, 0.4) is 0 Å². The van der Waals surface area contributed by atoms with E-state index in [1.165, 1.54) is 25.8 Å². The van der Waals surface area contributed by atoms with Crippen LogP contribution in [0.4, 0.5) is 0 Å². The zero-order valence-corrected chi connectivity index (χ0v) is 8.84. The van der Waals surface area contributed by atoms with Crippen molar-refractivity contribution in [1.82, 2.24) is 4.90 Å². The molecule has 1 heterocycles. The molecular formula is C11H20N2. The quantitative estimate of drug-likeness (QED) is 0.652. The molecule has 0 aromatic carbocycles. The van der Waals surface area contributed by atoms with Crippen LogP contribution in [-0.4, -0.2) is 24.5 Å². The molecule has 0 spiro atoms. The maximum Gasteiger partial charge on any atom is 0.0635 e. The van der Waals surface area contributed by atoms with Crippen molar-refractivity contribution in [3.05, 3.63) is 0 Å². The molecule has 1 aliphatic rings. The lowest BCUT2D eigenvalue weighted by Gasteiger charge is -2.28. The van der Waals surface area contributed by atoms with Crippen LogP contribution in [0.15, 0.2) is 0 Å². The van der Waals surface area contributed by atoms with Gasteiger partial charge in [-0.05, 0) is 24.8 Å². The van der Waals surface area contributed by atoms with Crippen LogP contribution in [0, 0.1) is 16.7 Å². The Morgan fingerprint density at radius 1 is 1.38 bits per heavy atom. The summed E-state index contributed by atoms with van der Waals surface area (Å²) in [6, 6.07) is 2.22. The monoisotopic (exact) mass is 180 g/mol. The minimum Gasteiger partial charge on any atom is -0.302 e. The summed E-state index contributed by atoms with van der Waals surface area (Å²) < 4.78 is 0. The van der Waals surface area contributed by atoms with E-state index in [2.05, 4.69) is 24.8 Å². The molecule has 1 rings (SSSR count). The molecule has 13 heavy (non-hydrogen) atoms. The lowest BCUT2D eigenvalue weighted by atomic mass is 9.88. The van der Waals surface area contributed by atoms with E-state index in [1.807, 2.05) is 0 Å². The van der Waals surface area contributed by atoms with E-state index in [0.29, 0.717) is 11.8 Å². The molecule has 1 saturated heterocycles. The van der Waals surface area contributed by atoms with Crippen LogP contribution < -0.4 is 0 Å². The summed E-state index contributed by atoms with van der Waals surface area (Å²) >= 11 is 0. The van der Waals surface area contributed by atoms with E-state index in [-0.39, 0.29) is 0 Å². The average Bonchev–Trinajstić information content (AvgIpc) is 2.22. The van der Waals surface area contributed by atoms with Crippen molar-refractivity contribution in [2.45, 2.75) is 39.5 Å². The molecule has 0 radical (unpaired) electrons. The summed E-state index contributed by atoms with van der Waals surface area (Å²) in [5.74, 6) is 0. The molecule has 0 unspecified atom stereocenters. The maximum atomic E-state index is 8.52. The number of nitrogens with zero attached hydrogens (tertiary/aromatic N) is 2. The van der Waals surface area contributed by atoms with Gasteiger partial charge in [-0.1, -0.05) is 20.3 Å². The van der Waals surface area contributed by atoms with E-state index >= 15 is 0 Å². The molecule has 0 amide bonds. The third-order valence-electron chi connectivity index (χ3n) is 2.77. The van der Waals surface area contributed by atoms with Crippen LogP contribution in [-0.2, 0) is 0 Å². The second-order valence-electron chi connectivity index (χ2n) is 4.81. The fraction of sp³-hybridized carbons (Fsp3) is 0.909. The molecule has 0 aliphatic carbocycles. The lowest BCUT2D eigenvalue weighted by Crippen LogP contribution is -2.33. The number of likely N-dealkylation sites (tertiary alicyclic amines) is 1. The van der Waals surface area contributed by atoms with E-state index < -0.39 is 0 Å². The van der Waals surface area contributed by atoms with Crippen molar-refractivity contribution in [3.8, 4) is 6.07 Å². The van der Waals surface area contributed by atoms with Gasteiger partial charge < -0.3 is 4.90 Å². The van der Waals surface area contributed by atoms with Gasteiger partial charge in [0.2, 0.25) is 0 Å². The van der Waals surface area contributed by atoms with Gasteiger partial charge in [0.15, 0.2) is 0 Å². The summed E-state index contributed by atoms with van der Waals surface area (Å²) in [5.41, 5.74) is 0.450. The number of hydrogen-bond donors (Lipinski definition) is 0. The molecule has 2 heteroatoms. The molecule has 0 atom stereocenters. The van der Waals surface area contributed by atoms with Crippen LogP contribution >= 0.6 is 0 Å². The van der Waals surface area contributed by atoms with Gasteiger partial charge in [-0.15, -0.1) is 0 Å². The zero-order valence-electron chi connectivity index (χ0n) is 8.84. The first-order chi connectivity index (χ1) is 6.14. The Hall–Kier alpha value is -0.550. The van der Waals surface area contributed by atoms with Crippen LogP contribution in [0.1, 0.15) is 39.5 Å². The predicted molar refractivity (Wildman–Crippen MR) is 54.3 cm³/mol. The third kappa shape index (κ3) is 3.78. The summed E-state index contributed by atoms with van der Waals surface area (Å²) in [7, 11) is 0. The molecule has 0 saturated carbocycles. The summed E-state index contributed by atoms with van der Waals surface area (Å²) in [6.45, 7) is 7.97. The first kappa shape index (κ1) is 10.5.